The summed E-state index contributed by atoms with van der Waals surface area (Å²) in [7, 11) is 0. The molecule has 0 aliphatic heterocycles. The molecule has 0 spiro atoms. The third-order valence-electron chi connectivity index (χ3n) is 2.04. The van der Waals surface area contributed by atoms with Crippen molar-refractivity contribution in [3.05, 3.63) is 33.8 Å². The highest BCUT2D eigenvalue weighted by Crippen LogP contribution is 2.21. The molecular weight excluding hydrogens is 249 g/mol. The third-order valence-corrected chi connectivity index (χ3v) is 2.64. The number of esters is 1. The van der Waals surface area contributed by atoms with Gasteiger partial charge in [0, 0.05) is 10.0 Å². The predicted molar refractivity (Wildman–Crippen MR) is 64.8 cm³/mol. The first-order valence-electron chi connectivity index (χ1n) is 4.90. The third kappa shape index (κ3) is 3.67. The predicted octanol–water partition coefficient (Wildman–Crippen LogP) is 2.43. The molecule has 0 unspecified atom stereocenters. The Kier molecular flexibility index (Phi) is 5.06. The Morgan fingerprint density at radius 3 is 2.81 bits per heavy atom. The van der Waals surface area contributed by atoms with Crippen LogP contribution in [0.4, 0.5) is 0 Å². The zero-order valence-corrected chi connectivity index (χ0v) is 10.4. The van der Waals surface area contributed by atoms with Crippen LogP contribution in [0, 0.1) is 0 Å². The lowest BCUT2D eigenvalue weighted by molar-refractivity contribution is -0.144. The molecule has 0 aliphatic rings. The lowest BCUT2D eigenvalue weighted by Gasteiger charge is -2.11. The Hall–Kier alpha value is -0.770. The standard InChI is InChI=1S/C11H13Cl2NO2/c1-2-16-11(15)10(14)6-7-5-8(12)3-4-9(7)13/h3-5,10H,2,6,14H2,1H3/t10-/m0/s1. The maximum absolute atomic E-state index is 11.3. The normalized spacial score (nSPS) is 12.2. The van der Waals surface area contributed by atoms with Crippen molar-refractivity contribution in [2.75, 3.05) is 6.61 Å². The fourth-order valence-electron chi connectivity index (χ4n) is 1.27. The van der Waals surface area contributed by atoms with Crippen LogP contribution in [0.3, 0.4) is 0 Å². The van der Waals surface area contributed by atoms with Gasteiger partial charge < -0.3 is 10.5 Å². The molecule has 5 heteroatoms. The van der Waals surface area contributed by atoms with E-state index in [-0.39, 0.29) is 0 Å². The largest absolute Gasteiger partial charge is 0.465 e. The summed E-state index contributed by atoms with van der Waals surface area (Å²) in [5, 5.41) is 1.11. The molecule has 0 heterocycles. The second-order valence-corrected chi connectivity index (χ2v) is 4.14. The van der Waals surface area contributed by atoms with E-state index in [1.165, 1.54) is 0 Å². The monoisotopic (exact) mass is 261 g/mol. The van der Waals surface area contributed by atoms with E-state index in [2.05, 4.69) is 0 Å². The maximum Gasteiger partial charge on any atom is 0.323 e. The minimum atomic E-state index is -0.712. The SMILES string of the molecule is CCOC(=O)[C@@H](N)Cc1cc(Cl)ccc1Cl. The van der Waals surface area contributed by atoms with Gasteiger partial charge in [0.25, 0.3) is 0 Å². The molecule has 0 aliphatic carbocycles. The second kappa shape index (κ2) is 6.09. The molecule has 2 N–H and O–H groups in total. The van der Waals surface area contributed by atoms with Crippen LogP contribution >= 0.6 is 23.2 Å². The summed E-state index contributed by atoms with van der Waals surface area (Å²) in [6.45, 7) is 2.05. The topological polar surface area (TPSA) is 52.3 Å². The molecule has 1 atom stereocenters. The molecular formula is C11H13Cl2NO2. The lowest BCUT2D eigenvalue weighted by atomic mass is 10.1. The van der Waals surface area contributed by atoms with Crippen molar-refractivity contribution in [2.45, 2.75) is 19.4 Å². The van der Waals surface area contributed by atoms with Crippen molar-refractivity contribution in [3.8, 4) is 0 Å². The molecule has 1 rings (SSSR count). The van der Waals surface area contributed by atoms with Gasteiger partial charge in [0.1, 0.15) is 6.04 Å². The average molecular weight is 262 g/mol. The van der Waals surface area contributed by atoms with Crippen molar-refractivity contribution in [3.63, 3.8) is 0 Å². The number of halogens is 2. The minimum Gasteiger partial charge on any atom is -0.465 e. The zero-order chi connectivity index (χ0) is 12.1. The van der Waals surface area contributed by atoms with E-state index in [1.54, 1.807) is 25.1 Å². The van der Waals surface area contributed by atoms with Crippen LogP contribution in [0.5, 0.6) is 0 Å². The van der Waals surface area contributed by atoms with Gasteiger partial charge in [0.05, 0.1) is 6.61 Å². The zero-order valence-electron chi connectivity index (χ0n) is 8.87. The fraction of sp³-hybridized carbons (Fsp3) is 0.364. The number of benzene rings is 1. The number of hydrogen-bond acceptors (Lipinski definition) is 3. The molecule has 0 amide bonds. The van der Waals surface area contributed by atoms with Crippen LogP contribution in [0.15, 0.2) is 18.2 Å². The Morgan fingerprint density at radius 1 is 1.50 bits per heavy atom. The van der Waals surface area contributed by atoms with Crippen molar-refractivity contribution in [2.24, 2.45) is 5.73 Å². The van der Waals surface area contributed by atoms with Crippen LogP contribution in [-0.2, 0) is 16.0 Å². The van der Waals surface area contributed by atoms with Gasteiger partial charge in [-0.15, -0.1) is 0 Å². The molecule has 1 aromatic carbocycles. The molecule has 0 aromatic heterocycles. The van der Waals surface area contributed by atoms with Gasteiger partial charge in [0.2, 0.25) is 0 Å². The van der Waals surface area contributed by atoms with Crippen molar-refractivity contribution in [1.29, 1.82) is 0 Å². The summed E-state index contributed by atoms with van der Waals surface area (Å²) in [6.07, 6.45) is 0.318. The van der Waals surface area contributed by atoms with Crippen LogP contribution in [0.1, 0.15) is 12.5 Å². The molecule has 1 aromatic rings. The molecule has 16 heavy (non-hydrogen) atoms. The van der Waals surface area contributed by atoms with E-state index in [0.717, 1.165) is 5.56 Å². The highest BCUT2D eigenvalue weighted by molar-refractivity contribution is 6.33. The number of rotatable bonds is 4. The molecule has 0 saturated carbocycles. The number of carbonyl (C=O) groups is 1. The van der Waals surface area contributed by atoms with E-state index in [1.807, 2.05) is 0 Å². The Labute approximate surface area is 104 Å². The smallest absolute Gasteiger partial charge is 0.323 e. The molecule has 0 bridgehead atoms. The van der Waals surface area contributed by atoms with Gasteiger partial charge in [-0.05, 0) is 37.1 Å². The fourth-order valence-corrected chi connectivity index (χ4v) is 1.66. The first-order valence-corrected chi connectivity index (χ1v) is 5.66. The molecule has 0 radical (unpaired) electrons. The number of hydrogen-bond donors (Lipinski definition) is 1. The Balaban J connectivity index is 2.72. The molecule has 0 saturated heterocycles. The van der Waals surface area contributed by atoms with Gasteiger partial charge in [-0.2, -0.15) is 0 Å². The summed E-state index contributed by atoms with van der Waals surface area (Å²) < 4.78 is 4.81. The van der Waals surface area contributed by atoms with Gasteiger partial charge in [-0.25, -0.2) is 0 Å². The lowest BCUT2D eigenvalue weighted by Crippen LogP contribution is -2.34. The summed E-state index contributed by atoms with van der Waals surface area (Å²) in [5.74, 6) is -0.432. The second-order valence-electron chi connectivity index (χ2n) is 3.30. The van der Waals surface area contributed by atoms with Gasteiger partial charge in [0.15, 0.2) is 0 Å². The van der Waals surface area contributed by atoms with Gasteiger partial charge in [-0.1, -0.05) is 23.2 Å². The van der Waals surface area contributed by atoms with Crippen LogP contribution in [0.25, 0.3) is 0 Å². The van der Waals surface area contributed by atoms with E-state index in [9.17, 15) is 4.79 Å². The quantitative estimate of drug-likeness (QED) is 0.848. The Morgan fingerprint density at radius 2 is 2.19 bits per heavy atom. The minimum absolute atomic E-state index is 0.315. The number of nitrogens with two attached hydrogens (primary N) is 1. The highest BCUT2D eigenvalue weighted by Gasteiger charge is 2.16. The highest BCUT2D eigenvalue weighted by atomic mass is 35.5. The van der Waals surface area contributed by atoms with E-state index < -0.39 is 12.0 Å². The molecule has 3 nitrogen and oxygen atoms in total. The van der Waals surface area contributed by atoms with Crippen LogP contribution < -0.4 is 5.73 Å². The summed E-state index contributed by atoms with van der Waals surface area (Å²) >= 11 is 11.8. The van der Waals surface area contributed by atoms with Crippen molar-refractivity contribution < 1.29 is 9.53 Å². The molecule has 0 fully saturated rings. The van der Waals surface area contributed by atoms with Gasteiger partial charge in [-0.3, -0.25) is 4.79 Å². The van der Waals surface area contributed by atoms with Crippen molar-refractivity contribution in [1.82, 2.24) is 0 Å². The first kappa shape index (κ1) is 13.3. The van der Waals surface area contributed by atoms with E-state index >= 15 is 0 Å². The van der Waals surface area contributed by atoms with E-state index in [4.69, 9.17) is 33.7 Å². The Bertz CT molecular complexity index is 382. The van der Waals surface area contributed by atoms with Crippen LogP contribution in [-0.4, -0.2) is 18.6 Å². The summed E-state index contributed by atoms with van der Waals surface area (Å²) in [5.41, 5.74) is 6.42. The van der Waals surface area contributed by atoms with Crippen molar-refractivity contribution >= 4 is 29.2 Å². The molecule has 88 valence electrons. The van der Waals surface area contributed by atoms with Gasteiger partial charge >= 0.3 is 5.97 Å². The van der Waals surface area contributed by atoms with Crippen LogP contribution in [0.2, 0.25) is 10.0 Å². The summed E-state index contributed by atoms with van der Waals surface area (Å²) in [6, 6.07) is 4.35. The maximum atomic E-state index is 11.3. The average Bonchev–Trinajstić information content (AvgIpc) is 2.23. The number of ether oxygens (including phenoxy) is 1. The first-order chi connectivity index (χ1) is 7.54. The summed E-state index contributed by atoms with van der Waals surface area (Å²) in [4.78, 5) is 11.3. The van der Waals surface area contributed by atoms with E-state index in [0.29, 0.717) is 23.1 Å². The number of carbonyl (C=O) groups excluding carboxylic acids is 1.